The van der Waals surface area contributed by atoms with Crippen LogP contribution in [0.1, 0.15) is 37.7 Å². The van der Waals surface area contributed by atoms with Gasteiger partial charge in [0.2, 0.25) is 0 Å². The number of esters is 1. The average Bonchev–Trinajstić information content (AvgIpc) is 2.97. The minimum Gasteiger partial charge on any atom is -0.462 e. The minimum atomic E-state index is -0.0998. The lowest BCUT2D eigenvalue weighted by Crippen LogP contribution is -2.47. The number of cyclic esters (lactones) is 1. The van der Waals surface area contributed by atoms with Crippen molar-refractivity contribution in [3.8, 4) is 0 Å². The fourth-order valence-corrected chi connectivity index (χ4v) is 4.50. The number of para-hydroxylation sites is 1. The van der Waals surface area contributed by atoms with E-state index >= 15 is 0 Å². The number of benzene rings is 1. The van der Waals surface area contributed by atoms with Crippen molar-refractivity contribution in [3.63, 3.8) is 0 Å². The van der Waals surface area contributed by atoms with Crippen LogP contribution in [0, 0.1) is 5.41 Å². The first-order valence-corrected chi connectivity index (χ1v) is 9.57. The fourth-order valence-electron chi connectivity index (χ4n) is 4.50. The summed E-state index contributed by atoms with van der Waals surface area (Å²) in [5.74, 6) is 0.0641. The average molecular weight is 344 g/mol. The lowest BCUT2D eigenvalue weighted by atomic mass is 9.67. The number of aliphatic hydroxyl groups is 1. The highest BCUT2D eigenvalue weighted by atomic mass is 16.6. The van der Waals surface area contributed by atoms with Gasteiger partial charge in [-0.3, -0.25) is 9.69 Å². The number of hydrogen-bond acceptors (Lipinski definition) is 5. The molecule has 2 heterocycles. The van der Waals surface area contributed by atoms with E-state index in [1.807, 2.05) is 18.2 Å². The molecule has 3 aliphatic rings. The normalized spacial score (nSPS) is 25.9. The van der Waals surface area contributed by atoms with E-state index < -0.39 is 0 Å². The number of nitrogens with zero attached hydrogens (tertiary/aromatic N) is 2. The third kappa shape index (κ3) is 3.27. The highest BCUT2D eigenvalue weighted by Gasteiger charge is 2.52. The maximum Gasteiger partial charge on any atom is 0.312 e. The molecule has 1 aromatic carbocycles. The Hall–Kier alpha value is -1.59. The van der Waals surface area contributed by atoms with Crippen molar-refractivity contribution in [2.24, 2.45) is 5.41 Å². The zero-order valence-corrected chi connectivity index (χ0v) is 14.8. The fraction of sp³-hybridized carbons (Fsp3) is 0.650. The zero-order chi connectivity index (χ0) is 17.3. The Kier molecular flexibility index (Phi) is 4.69. The van der Waals surface area contributed by atoms with Crippen LogP contribution < -0.4 is 4.90 Å². The van der Waals surface area contributed by atoms with Crippen LogP contribution in [0.5, 0.6) is 0 Å². The first-order valence-electron chi connectivity index (χ1n) is 9.57. The molecule has 3 fully saturated rings. The largest absolute Gasteiger partial charge is 0.462 e. The molecule has 1 unspecified atom stereocenters. The number of aliphatic hydroxyl groups excluding tert-OH is 1. The number of hydrogen-bond donors (Lipinski definition) is 1. The van der Waals surface area contributed by atoms with E-state index in [0.717, 1.165) is 69.7 Å². The Morgan fingerprint density at radius 1 is 1.16 bits per heavy atom. The second-order valence-electron chi connectivity index (χ2n) is 7.77. The monoisotopic (exact) mass is 344 g/mol. The molecule has 0 bridgehead atoms. The van der Waals surface area contributed by atoms with Crippen LogP contribution in [-0.4, -0.2) is 54.8 Å². The van der Waals surface area contributed by atoms with Gasteiger partial charge >= 0.3 is 5.97 Å². The molecule has 4 rings (SSSR count). The lowest BCUT2D eigenvalue weighted by Gasteiger charge is -2.37. The number of anilines is 1. The topological polar surface area (TPSA) is 53.0 Å². The SMILES string of the molecule is O=C1OC(CCN2CCN(c3ccccc3CO)CC2)CC12CCC2. The quantitative estimate of drug-likeness (QED) is 0.830. The second-order valence-corrected chi connectivity index (χ2v) is 7.77. The zero-order valence-electron chi connectivity index (χ0n) is 14.8. The van der Waals surface area contributed by atoms with Gasteiger partial charge in [-0.05, 0) is 25.3 Å². The molecule has 1 aliphatic carbocycles. The van der Waals surface area contributed by atoms with Gasteiger partial charge in [-0.2, -0.15) is 0 Å². The lowest BCUT2D eigenvalue weighted by molar-refractivity contribution is -0.152. The van der Waals surface area contributed by atoms with Crippen LogP contribution >= 0.6 is 0 Å². The van der Waals surface area contributed by atoms with E-state index in [4.69, 9.17) is 4.74 Å². The maximum absolute atomic E-state index is 12.0. The Morgan fingerprint density at radius 3 is 2.56 bits per heavy atom. The number of rotatable bonds is 5. The van der Waals surface area contributed by atoms with E-state index in [1.165, 1.54) is 6.42 Å². The van der Waals surface area contributed by atoms with Crippen LogP contribution in [-0.2, 0) is 16.1 Å². The van der Waals surface area contributed by atoms with Crippen LogP contribution in [0.4, 0.5) is 5.69 Å². The molecular weight excluding hydrogens is 316 g/mol. The van der Waals surface area contributed by atoms with Crippen molar-refractivity contribution < 1.29 is 14.6 Å². The predicted octanol–water partition coefficient (Wildman–Crippen LogP) is 2.18. The van der Waals surface area contributed by atoms with Gasteiger partial charge in [0.25, 0.3) is 0 Å². The number of piperazine rings is 1. The Bertz CT molecular complexity index is 621. The molecule has 5 heteroatoms. The molecule has 2 aliphatic heterocycles. The standard InChI is InChI=1S/C20H28N2O3/c23-15-16-4-1-2-5-18(16)22-12-10-21(11-13-22)9-6-17-14-20(7-3-8-20)19(24)25-17/h1-2,4-5,17,23H,3,6-15H2. The van der Waals surface area contributed by atoms with E-state index in [1.54, 1.807) is 0 Å². The molecule has 25 heavy (non-hydrogen) atoms. The Morgan fingerprint density at radius 2 is 1.92 bits per heavy atom. The number of ether oxygens (including phenoxy) is 1. The van der Waals surface area contributed by atoms with Crippen molar-refractivity contribution in [1.29, 1.82) is 0 Å². The summed E-state index contributed by atoms with van der Waals surface area (Å²) in [6.45, 7) is 5.09. The summed E-state index contributed by atoms with van der Waals surface area (Å²) in [7, 11) is 0. The number of carbonyl (C=O) groups excluding carboxylic acids is 1. The third-order valence-electron chi connectivity index (χ3n) is 6.28. The van der Waals surface area contributed by atoms with Gasteiger partial charge in [0, 0.05) is 50.4 Å². The van der Waals surface area contributed by atoms with Gasteiger partial charge in [-0.1, -0.05) is 24.6 Å². The smallest absolute Gasteiger partial charge is 0.312 e. The first-order chi connectivity index (χ1) is 12.2. The summed E-state index contributed by atoms with van der Waals surface area (Å²) < 4.78 is 5.63. The van der Waals surface area contributed by atoms with Gasteiger partial charge in [0.15, 0.2) is 0 Å². The summed E-state index contributed by atoms with van der Waals surface area (Å²) in [4.78, 5) is 16.9. The predicted molar refractivity (Wildman–Crippen MR) is 96.4 cm³/mol. The third-order valence-corrected chi connectivity index (χ3v) is 6.28. The summed E-state index contributed by atoms with van der Waals surface area (Å²) >= 11 is 0. The van der Waals surface area contributed by atoms with Gasteiger partial charge in [-0.15, -0.1) is 0 Å². The molecule has 1 N–H and O–H groups in total. The molecule has 1 aromatic rings. The summed E-state index contributed by atoms with van der Waals surface area (Å²) in [5.41, 5.74) is 2.05. The molecule has 1 atom stereocenters. The first kappa shape index (κ1) is 16.9. The summed E-state index contributed by atoms with van der Waals surface area (Å²) in [5, 5.41) is 9.52. The Labute approximate surface area is 149 Å². The summed E-state index contributed by atoms with van der Waals surface area (Å²) in [6, 6.07) is 8.10. The summed E-state index contributed by atoms with van der Waals surface area (Å²) in [6.07, 6.45) is 5.27. The van der Waals surface area contributed by atoms with Gasteiger partial charge < -0.3 is 14.7 Å². The van der Waals surface area contributed by atoms with Gasteiger partial charge in [0.05, 0.1) is 12.0 Å². The molecule has 0 aromatic heterocycles. The second kappa shape index (κ2) is 6.96. The Balaban J connectivity index is 1.25. The molecule has 0 amide bonds. The molecular formula is C20H28N2O3. The van der Waals surface area contributed by atoms with Crippen molar-refractivity contribution >= 4 is 11.7 Å². The van der Waals surface area contributed by atoms with Crippen molar-refractivity contribution in [1.82, 2.24) is 4.90 Å². The molecule has 5 nitrogen and oxygen atoms in total. The van der Waals surface area contributed by atoms with E-state index in [9.17, 15) is 9.90 Å². The highest BCUT2D eigenvalue weighted by molar-refractivity contribution is 5.80. The van der Waals surface area contributed by atoms with Gasteiger partial charge in [-0.25, -0.2) is 0 Å². The molecule has 0 radical (unpaired) electrons. The van der Waals surface area contributed by atoms with Crippen molar-refractivity contribution in [2.75, 3.05) is 37.6 Å². The number of carbonyl (C=O) groups is 1. The molecule has 2 saturated heterocycles. The molecule has 1 spiro atoms. The molecule has 136 valence electrons. The minimum absolute atomic E-state index is 0.0641. The van der Waals surface area contributed by atoms with E-state index in [0.29, 0.717) is 0 Å². The van der Waals surface area contributed by atoms with Crippen molar-refractivity contribution in [2.45, 2.75) is 44.8 Å². The van der Waals surface area contributed by atoms with Crippen LogP contribution in [0.2, 0.25) is 0 Å². The van der Waals surface area contributed by atoms with E-state index in [2.05, 4.69) is 15.9 Å². The van der Waals surface area contributed by atoms with E-state index in [-0.39, 0.29) is 24.1 Å². The van der Waals surface area contributed by atoms with Crippen molar-refractivity contribution in [3.05, 3.63) is 29.8 Å². The molecule has 1 saturated carbocycles. The van der Waals surface area contributed by atoms with Crippen LogP contribution in [0.3, 0.4) is 0 Å². The van der Waals surface area contributed by atoms with Gasteiger partial charge in [0.1, 0.15) is 6.10 Å². The van der Waals surface area contributed by atoms with Crippen LogP contribution in [0.25, 0.3) is 0 Å². The van der Waals surface area contributed by atoms with Crippen LogP contribution in [0.15, 0.2) is 24.3 Å². The maximum atomic E-state index is 12.0. The highest BCUT2D eigenvalue weighted by Crippen LogP contribution is 2.50.